The minimum absolute atomic E-state index is 0.117. The first kappa shape index (κ1) is 14.3. The SMILES string of the molecule is C[C@H]1CN(S(=O)(=O)CC2CC2)CCN1C(C)(C)C. The highest BCUT2D eigenvalue weighted by Crippen LogP contribution is 2.32. The Morgan fingerprint density at radius 3 is 2.22 bits per heavy atom. The van der Waals surface area contributed by atoms with Crippen LogP contribution in [0.2, 0.25) is 0 Å². The van der Waals surface area contributed by atoms with E-state index in [1.807, 2.05) is 0 Å². The standard InChI is InChI=1S/C13H26N2O2S/c1-11-9-14(7-8-15(11)13(2,3)4)18(16,17)10-12-5-6-12/h11-12H,5-10H2,1-4H3/t11-/m0/s1. The molecule has 106 valence electrons. The molecule has 1 atom stereocenters. The van der Waals surface area contributed by atoms with Crippen LogP contribution in [0.25, 0.3) is 0 Å². The molecule has 2 fully saturated rings. The highest BCUT2D eigenvalue weighted by atomic mass is 32.2. The Balaban J connectivity index is 1.99. The molecular weight excluding hydrogens is 248 g/mol. The van der Waals surface area contributed by atoms with Gasteiger partial charge in [0.2, 0.25) is 10.0 Å². The molecule has 0 aromatic rings. The molecule has 0 radical (unpaired) electrons. The van der Waals surface area contributed by atoms with Gasteiger partial charge in [-0.1, -0.05) is 0 Å². The predicted octanol–water partition coefficient (Wildman–Crippen LogP) is 1.53. The summed E-state index contributed by atoms with van der Waals surface area (Å²) in [7, 11) is -3.02. The highest BCUT2D eigenvalue weighted by Gasteiger charge is 2.38. The molecule has 1 aliphatic carbocycles. The maximum Gasteiger partial charge on any atom is 0.214 e. The molecule has 1 saturated heterocycles. The van der Waals surface area contributed by atoms with Gasteiger partial charge in [0.25, 0.3) is 0 Å². The van der Waals surface area contributed by atoms with E-state index in [1.54, 1.807) is 4.31 Å². The zero-order chi connectivity index (χ0) is 13.6. The van der Waals surface area contributed by atoms with Gasteiger partial charge in [0.15, 0.2) is 0 Å². The van der Waals surface area contributed by atoms with Crippen LogP contribution in [0, 0.1) is 5.92 Å². The van der Waals surface area contributed by atoms with Gasteiger partial charge < -0.3 is 0 Å². The van der Waals surface area contributed by atoms with E-state index >= 15 is 0 Å². The lowest BCUT2D eigenvalue weighted by Crippen LogP contribution is -2.59. The van der Waals surface area contributed by atoms with Crippen molar-refractivity contribution in [2.75, 3.05) is 25.4 Å². The van der Waals surface area contributed by atoms with Crippen LogP contribution in [0.5, 0.6) is 0 Å². The maximum absolute atomic E-state index is 12.2. The van der Waals surface area contributed by atoms with Crippen molar-refractivity contribution in [2.24, 2.45) is 5.92 Å². The molecular formula is C13H26N2O2S. The minimum Gasteiger partial charge on any atom is -0.293 e. The summed E-state index contributed by atoms with van der Waals surface area (Å²) in [5.74, 6) is 0.806. The molecule has 0 unspecified atom stereocenters. The van der Waals surface area contributed by atoms with Gasteiger partial charge in [0, 0.05) is 31.2 Å². The summed E-state index contributed by atoms with van der Waals surface area (Å²) in [4.78, 5) is 2.40. The summed E-state index contributed by atoms with van der Waals surface area (Å²) >= 11 is 0. The third-order valence-corrected chi connectivity index (χ3v) is 6.00. The molecule has 0 spiro atoms. The lowest BCUT2D eigenvalue weighted by molar-refractivity contribution is 0.0445. The topological polar surface area (TPSA) is 40.6 Å². The smallest absolute Gasteiger partial charge is 0.214 e. The first-order chi connectivity index (χ1) is 8.20. The van der Waals surface area contributed by atoms with Crippen LogP contribution in [0.15, 0.2) is 0 Å². The second kappa shape index (κ2) is 4.76. The van der Waals surface area contributed by atoms with Gasteiger partial charge in [-0.2, -0.15) is 4.31 Å². The van der Waals surface area contributed by atoms with Crippen LogP contribution in [-0.2, 0) is 10.0 Å². The van der Waals surface area contributed by atoms with Crippen molar-refractivity contribution in [3.05, 3.63) is 0 Å². The molecule has 4 nitrogen and oxygen atoms in total. The predicted molar refractivity (Wildman–Crippen MR) is 74.0 cm³/mol. The molecule has 1 saturated carbocycles. The van der Waals surface area contributed by atoms with E-state index in [9.17, 15) is 8.42 Å². The van der Waals surface area contributed by atoms with Crippen LogP contribution in [0.4, 0.5) is 0 Å². The summed E-state index contributed by atoms with van der Waals surface area (Å²) in [5, 5.41) is 0. The van der Waals surface area contributed by atoms with Gasteiger partial charge in [0.05, 0.1) is 5.75 Å². The first-order valence-electron chi connectivity index (χ1n) is 6.95. The summed E-state index contributed by atoms with van der Waals surface area (Å²) < 4.78 is 26.2. The fourth-order valence-electron chi connectivity index (χ4n) is 2.86. The van der Waals surface area contributed by atoms with E-state index in [4.69, 9.17) is 0 Å². The Labute approximate surface area is 111 Å². The van der Waals surface area contributed by atoms with Gasteiger partial charge in [-0.25, -0.2) is 8.42 Å². The van der Waals surface area contributed by atoms with Crippen LogP contribution < -0.4 is 0 Å². The molecule has 2 rings (SSSR count). The fourth-order valence-corrected chi connectivity index (χ4v) is 4.80. The molecule has 1 heterocycles. The van der Waals surface area contributed by atoms with E-state index in [-0.39, 0.29) is 5.54 Å². The van der Waals surface area contributed by atoms with Gasteiger partial charge in [-0.15, -0.1) is 0 Å². The summed E-state index contributed by atoms with van der Waals surface area (Å²) in [6, 6.07) is 0.299. The summed E-state index contributed by atoms with van der Waals surface area (Å²) in [5.41, 5.74) is 0.117. The minimum atomic E-state index is -3.02. The molecule has 0 N–H and O–H groups in total. The van der Waals surface area contributed by atoms with E-state index in [2.05, 4.69) is 32.6 Å². The van der Waals surface area contributed by atoms with Crippen LogP contribution in [0.3, 0.4) is 0 Å². The van der Waals surface area contributed by atoms with Crippen LogP contribution >= 0.6 is 0 Å². The van der Waals surface area contributed by atoms with E-state index in [0.29, 0.717) is 30.8 Å². The second-order valence-corrected chi connectivity index (χ2v) is 8.81. The Morgan fingerprint density at radius 2 is 1.78 bits per heavy atom. The van der Waals surface area contributed by atoms with Crippen molar-refractivity contribution in [3.63, 3.8) is 0 Å². The molecule has 2 aliphatic rings. The molecule has 18 heavy (non-hydrogen) atoms. The first-order valence-corrected chi connectivity index (χ1v) is 8.55. The largest absolute Gasteiger partial charge is 0.293 e. The molecule has 5 heteroatoms. The Morgan fingerprint density at radius 1 is 1.17 bits per heavy atom. The third kappa shape index (κ3) is 3.25. The fraction of sp³-hybridized carbons (Fsp3) is 1.00. The molecule has 0 bridgehead atoms. The highest BCUT2D eigenvalue weighted by molar-refractivity contribution is 7.89. The number of hydrogen-bond acceptors (Lipinski definition) is 3. The van der Waals surface area contributed by atoms with Gasteiger partial charge in [0.1, 0.15) is 0 Å². The van der Waals surface area contributed by atoms with Crippen molar-refractivity contribution in [1.29, 1.82) is 0 Å². The van der Waals surface area contributed by atoms with Crippen molar-refractivity contribution in [2.45, 2.75) is 52.1 Å². The zero-order valence-corrected chi connectivity index (χ0v) is 12.8. The average molecular weight is 274 g/mol. The lowest BCUT2D eigenvalue weighted by atomic mass is 10.0. The Hall–Kier alpha value is -0.130. The second-order valence-electron chi connectivity index (χ2n) is 6.79. The normalized spacial score (nSPS) is 28.6. The number of piperazine rings is 1. The molecule has 0 aromatic heterocycles. The Bertz CT molecular complexity index is 396. The zero-order valence-electron chi connectivity index (χ0n) is 12.0. The number of nitrogens with zero attached hydrogens (tertiary/aromatic N) is 2. The maximum atomic E-state index is 12.2. The van der Waals surface area contributed by atoms with Crippen molar-refractivity contribution < 1.29 is 8.42 Å². The quantitative estimate of drug-likeness (QED) is 0.783. The number of hydrogen-bond donors (Lipinski definition) is 0. The summed E-state index contributed by atoms with van der Waals surface area (Å²) in [6.45, 7) is 10.8. The third-order valence-electron chi connectivity index (χ3n) is 3.99. The number of sulfonamides is 1. The van der Waals surface area contributed by atoms with Crippen molar-refractivity contribution in [3.8, 4) is 0 Å². The van der Waals surface area contributed by atoms with Crippen LogP contribution in [-0.4, -0.2) is 54.6 Å². The van der Waals surface area contributed by atoms with Crippen molar-refractivity contribution in [1.82, 2.24) is 9.21 Å². The van der Waals surface area contributed by atoms with E-state index < -0.39 is 10.0 Å². The van der Waals surface area contributed by atoms with Gasteiger partial charge in [-0.05, 0) is 46.5 Å². The van der Waals surface area contributed by atoms with E-state index in [0.717, 1.165) is 19.4 Å². The molecule has 0 aromatic carbocycles. The Kier molecular flexibility index (Phi) is 3.78. The van der Waals surface area contributed by atoms with Gasteiger partial charge in [-0.3, -0.25) is 4.90 Å². The number of rotatable bonds is 3. The lowest BCUT2D eigenvalue weighted by Gasteiger charge is -2.46. The molecule has 0 amide bonds. The van der Waals surface area contributed by atoms with Crippen LogP contribution in [0.1, 0.15) is 40.5 Å². The van der Waals surface area contributed by atoms with E-state index in [1.165, 1.54) is 0 Å². The average Bonchev–Trinajstić information content (AvgIpc) is 2.98. The molecule has 1 aliphatic heterocycles. The van der Waals surface area contributed by atoms with Gasteiger partial charge >= 0.3 is 0 Å². The van der Waals surface area contributed by atoms with Crippen molar-refractivity contribution >= 4 is 10.0 Å². The monoisotopic (exact) mass is 274 g/mol. The summed E-state index contributed by atoms with van der Waals surface area (Å²) in [6.07, 6.45) is 2.19.